The molecule has 1 aliphatic heterocycles. The van der Waals surface area contributed by atoms with Gasteiger partial charge in [-0.2, -0.15) is 5.10 Å². The molecule has 96 valence electrons. The molecule has 1 N–H and O–H groups in total. The second-order valence-corrected chi connectivity index (χ2v) is 4.86. The van der Waals surface area contributed by atoms with Crippen molar-refractivity contribution in [3.63, 3.8) is 0 Å². The molecule has 0 aromatic carbocycles. The molecular formula is C13H23N3O. The minimum atomic E-state index is 0.483. The summed E-state index contributed by atoms with van der Waals surface area (Å²) >= 11 is 0. The molecule has 0 bridgehead atoms. The third-order valence-electron chi connectivity index (χ3n) is 3.35. The van der Waals surface area contributed by atoms with Crippen LogP contribution < -0.4 is 5.32 Å². The van der Waals surface area contributed by atoms with Crippen molar-refractivity contribution >= 4 is 0 Å². The third-order valence-corrected chi connectivity index (χ3v) is 3.35. The monoisotopic (exact) mass is 237 g/mol. The highest BCUT2D eigenvalue weighted by atomic mass is 16.5. The smallest absolute Gasteiger partial charge is 0.0593 e. The highest BCUT2D eigenvalue weighted by Crippen LogP contribution is 2.18. The summed E-state index contributed by atoms with van der Waals surface area (Å²) < 4.78 is 7.53. The Morgan fingerprint density at radius 3 is 3.12 bits per heavy atom. The lowest BCUT2D eigenvalue weighted by molar-refractivity contribution is 0.173. The highest BCUT2D eigenvalue weighted by molar-refractivity contribution is 4.95. The van der Waals surface area contributed by atoms with Crippen LogP contribution in [0.25, 0.3) is 0 Å². The summed E-state index contributed by atoms with van der Waals surface area (Å²) in [5.74, 6) is 0.631. The highest BCUT2D eigenvalue weighted by Gasteiger charge is 2.25. The molecular weight excluding hydrogens is 214 g/mol. The van der Waals surface area contributed by atoms with Crippen molar-refractivity contribution in [2.45, 2.75) is 39.3 Å². The van der Waals surface area contributed by atoms with Gasteiger partial charge in [-0.1, -0.05) is 6.92 Å². The molecule has 4 heteroatoms. The van der Waals surface area contributed by atoms with Gasteiger partial charge in [0.2, 0.25) is 0 Å². The molecule has 1 aliphatic rings. The van der Waals surface area contributed by atoms with Gasteiger partial charge in [-0.15, -0.1) is 0 Å². The van der Waals surface area contributed by atoms with E-state index in [0.717, 1.165) is 32.0 Å². The van der Waals surface area contributed by atoms with Crippen molar-refractivity contribution in [2.24, 2.45) is 5.92 Å². The van der Waals surface area contributed by atoms with Crippen LogP contribution in [-0.4, -0.2) is 35.6 Å². The van der Waals surface area contributed by atoms with Crippen LogP contribution >= 0.6 is 0 Å². The maximum absolute atomic E-state index is 5.49. The topological polar surface area (TPSA) is 39.1 Å². The fourth-order valence-corrected chi connectivity index (χ4v) is 2.35. The van der Waals surface area contributed by atoms with Crippen LogP contribution in [0.4, 0.5) is 0 Å². The Hall–Kier alpha value is -0.870. The molecule has 1 saturated heterocycles. The second-order valence-electron chi connectivity index (χ2n) is 4.86. The van der Waals surface area contributed by atoms with Crippen molar-refractivity contribution in [1.82, 2.24) is 15.1 Å². The molecule has 2 atom stereocenters. The normalized spacial score (nSPS) is 21.9. The van der Waals surface area contributed by atoms with Crippen molar-refractivity contribution in [3.05, 3.63) is 18.0 Å². The number of hydrogen-bond donors (Lipinski definition) is 1. The quantitative estimate of drug-likeness (QED) is 0.816. The fourth-order valence-electron chi connectivity index (χ4n) is 2.35. The zero-order valence-corrected chi connectivity index (χ0v) is 10.9. The van der Waals surface area contributed by atoms with E-state index in [1.165, 1.54) is 12.8 Å². The second kappa shape index (κ2) is 6.17. The van der Waals surface area contributed by atoms with Crippen LogP contribution in [0.3, 0.4) is 0 Å². The summed E-state index contributed by atoms with van der Waals surface area (Å²) in [5, 5.41) is 8.09. The van der Waals surface area contributed by atoms with Gasteiger partial charge in [-0.25, -0.2) is 0 Å². The van der Waals surface area contributed by atoms with E-state index < -0.39 is 0 Å². The number of hydrogen-bond acceptors (Lipinski definition) is 3. The van der Waals surface area contributed by atoms with E-state index in [2.05, 4.69) is 29.6 Å². The number of aryl methyl sites for hydroxylation is 1. The fraction of sp³-hybridized carbons (Fsp3) is 0.769. The molecule has 2 rings (SSSR count). The summed E-state index contributed by atoms with van der Waals surface area (Å²) in [6.45, 7) is 8.05. The standard InChI is InChI=1S/C13H23N3O/c1-3-6-14-13(12-5-8-17-10-12)9-16-7-4-11(2)15-16/h4,7,12-14H,3,5-6,8-10H2,1-2H3. The van der Waals surface area contributed by atoms with Crippen LogP contribution in [-0.2, 0) is 11.3 Å². The molecule has 0 spiro atoms. The Balaban J connectivity index is 1.94. The largest absolute Gasteiger partial charge is 0.381 e. The summed E-state index contributed by atoms with van der Waals surface area (Å²) in [7, 11) is 0. The Morgan fingerprint density at radius 1 is 1.65 bits per heavy atom. The molecule has 1 aromatic heterocycles. The van der Waals surface area contributed by atoms with Crippen LogP contribution in [0.5, 0.6) is 0 Å². The lowest BCUT2D eigenvalue weighted by atomic mass is 9.99. The Bertz CT molecular complexity index is 331. The zero-order chi connectivity index (χ0) is 12.1. The van der Waals surface area contributed by atoms with Gasteiger partial charge in [0.15, 0.2) is 0 Å². The van der Waals surface area contributed by atoms with E-state index in [0.29, 0.717) is 12.0 Å². The summed E-state index contributed by atoms with van der Waals surface area (Å²) in [5.41, 5.74) is 1.09. The number of ether oxygens (including phenoxy) is 1. The van der Waals surface area contributed by atoms with E-state index in [-0.39, 0.29) is 0 Å². The molecule has 2 heterocycles. The molecule has 0 aliphatic carbocycles. The molecule has 1 aromatic rings. The van der Waals surface area contributed by atoms with Gasteiger partial charge in [0.25, 0.3) is 0 Å². The van der Waals surface area contributed by atoms with Gasteiger partial charge >= 0.3 is 0 Å². The number of nitrogens with zero attached hydrogens (tertiary/aromatic N) is 2. The van der Waals surface area contributed by atoms with Crippen LogP contribution in [0.2, 0.25) is 0 Å². The van der Waals surface area contributed by atoms with Gasteiger partial charge in [-0.3, -0.25) is 4.68 Å². The van der Waals surface area contributed by atoms with E-state index in [1.807, 2.05) is 11.6 Å². The number of nitrogens with one attached hydrogen (secondary N) is 1. The minimum Gasteiger partial charge on any atom is -0.381 e. The maximum Gasteiger partial charge on any atom is 0.0593 e. The third kappa shape index (κ3) is 3.54. The molecule has 2 unspecified atom stereocenters. The van der Waals surface area contributed by atoms with E-state index in [4.69, 9.17) is 4.74 Å². The van der Waals surface area contributed by atoms with E-state index >= 15 is 0 Å². The Morgan fingerprint density at radius 2 is 2.53 bits per heavy atom. The minimum absolute atomic E-state index is 0.483. The maximum atomic E-state index is 5.49. The van der Waals surface area contributed by atoms with Crippen molar-refractivity contribution in [3.8, 4) is 0 Å². The van der Waals surface area contributed by atoms with Crippen molar-refractivity contribution in [1.29, 1.82) is 0 Å². The van der Waals surface area contributed by atoms with Crippen LogP contribution in [0.15, 0.2) is 12.3 Å². The predicted octanol–water partition coefficient (Wildman–Crippen LogP) is 1.60. The number of rotatable bonds is 6. The first-order valence-corrected chi connectivity index (χ1v) is 6.60. The zero-order valence-electron chi connectivity index (χ0n) is 10.9. The lowest BCUT2D eigenvalue weighted by Crippen LogP contribution is -2.40. The average molecular weight is 237 g/mol. The number of aromatic nitrogens is 2. The van der Waals surface area contributed by atoms with Gasteiger partial charge in [0.1, 0.15) is 0 Å². The molecule has 0 saturated carbocycles. The average Bonchev–Trinajstić information content (AvgIpc) is 2.95. The first-order chi connectivity index (χ1) is 8.29. The van der Waals surface area contributed by atoms with E-state index in [9.17, 15) is 0 Å². The van der Waals surface area contributed by atoms with Gasteiger partial charge in [-0.05, 0) is 32.4 Å². The summed E-state index contributed by atoms with van der Waals surface area (Å²) in [6, 6.07) is 2.54. The molecule has 0 radical (unpaired) electrons. The summed E-state index contributed by atoms with van der Waals surface area (Å²) in [4.78, 5) is 0. The SMILES string of the molecule is CCCNC(Cn1ccc(C)n1)C1CCOC1. The first-order valence-electron chi connectivity index (χ1n) is 6.60. The predicted molar refractivity (Wildman–Crippen MR) is 68.0 cm³/mol. The Labute approximate surface area is 103 Å². The van der Waals surface area contributed by atoms with Crippen LogP contribution in [0.1, 0.15) is 25.5 Å². The molecule has 17 heavy (non-hydrogen) atoms. The van der Waals surface area contributed by atoms with Gasteiger partial charge in [0, 0.05) is 24.8 Å². The van der Waals surface area contributed by atoms with E-state index in [1.54, 1.807) is 0 Å². The lowest BCUT2D eigenvalue weighted by Gasteiger charge is -2.23. The van der Waals surface area contributed by atoms with Crippen molar-refractivity contribution in [2.75, 3.05) is 19.8 Å². The molecule has 1 fully saturated rings. The van der Waals surface area contributed by atoms with Gasteiger partial charge in [0.05, 0.1) is 18.8 Å². The molecule has 0 amide bonds. The first kappa shape index (κ1) is 12.6. The molecule has 4 nitrogen and oxygen atoms in total. The summed E-state index contributed by atoms with van der Waals surface area (Å²) in [6.07, 6.45) is 4.40. The van der Waals surface area contributed by atoms with Crippen molar-refractivity contribution < 1.29 is 4.74 Å². The van der Waals surface area contributed by atoms with Crippen LogP contribution in [0, 0.1) is 12.8 Å². The Kier molecular flexibility index (Phi) is 4.57. The van der Waals surface area contributed by atoms with Gasteiger partial charge < -0.3 is 10.1 Å².